The van der Waals surface area contributed by atoms with E-state index in [0.717, 1.165) is 27.5 Å². The summed E-state index contributed by atoms with van der Waals surface area (Å²) in [5.41, 5.74) is 8.92. The van der Waals surface area contributed by atoms with Crippen molar-refractivity contribution in [2.45, 2.75) is 6.92 Å². The minimum absolute atomic E-state index is 0.0927. The van der Waals surface area contributed by atoms with Gasteiger partial charge < -0.3 is 11.1 Å². The molecule has 0 saturated heterocycles. The number of nitrogens with two attached hydrogens (primary N) is 1. The van der Waals surface area contributed by atoms with Gasteiger partial charge >= 0.3 is 0 Å². The quantitative estimate of drug-likeness (QED) is 0.516. The zero-order valence-electron chi connectivity index (χ0n) is 10.5. The molecule has 3 aromatic rings. The summed E-state index contributed by atoms with van der Waals surface area (Å²) in [5, 5.41) is 4.75. The van der Waals surface area contributed by atoms with E-state index >= 15 is 0 Å². The van der Waals surface area contributed by atoms with E-state index in [-0.39, 0.29) is 5.91 Å². The normalized spacial score (nSPS) is 10.8. The number of anilines is 2. The van der Waals surface area contributed by atoms with Crippen molar-refractivity contribution in [3.05, 3.63) is 42.5 Å². The SMILES string of the molecule is CC(=O)Nc1cccc2nc3cc(N)ccc3cc12. The Morgan fingerprint density at radius 2 is 2.00 bits per heavy atom. The number of benzene rings is 2. The summed E-state index contributed by atoms with van der Waals surface area (Å²) in [6, 6.07) is 13.3. The lowest BCUT2D eigenvalue weighted by Gasteiger charge is -2.08. The number of aromatic nitrogens is 1. The molecule has 0 bridgehead atoms. The van der Waals surface area contributed by atoms with Crippen molar-refractivity contribution in [3.63, 3.8) is 0 Å². The molecular formula is C15H13N3O. The van der Waals surface area contributed by atoms with Crippen molar-refractivity contribution in [2.24, 2.45) is 0 Å². The van der Waals surface area contributed by atoms with Crippen LogP contribution in [-0.2, 0) is 4.79 Å². The average molecular weight is 251 g/mol. The Bertz CT molecular complexity index is 796. The summed E-state index contributed by atoms with van der Waals surface area (Å²) in [6.07, 6.45) is 0. The van der Waals surface area contributed by atoms with E-state index in [2.05, 4.69) is 10.3 Å². The Morgan fingerprint density at radius 1 is 1.16 bits per heavy atom. The number of nitrogens with one attached hydrogen (secondary N) is 1. The molecule has 0 aliphatic rings. The molecule has 3 N–H and O–H groups in total. The summed E-state index contributed by atoms with van der Waals surface area (Å²) in [4.78, 5) is 15.8. The Kier molecular flexibility index (Phi) is 2.56. The fourth-order valence-corrected chi connectivity index (χ4v) is 2.17. The maximum atomic E-state index is 11.2. The van der Waals surface area contributed by atoms with E-state index in [1.165, 1.54) is 6.92 Å². The van der Waals surface area contributed by atoms with E-state index in [9.17, 15) is 4.79 Å². The second-order valence-electron chi connectivity index (χ2n) is 4.49. The fourth-order valence-electron chi connectivity index (χ4n) is 2.17. The Balaban J connectivity index is 2.31. The molecule has 0 unspecified atom stereocenters. The molecule has 1 heterocycles. The Labute approximate surface area is 110 Å². The van der Waals surface area contributed by atoms with Crippen LogP contribution in [0.2, 0.25) is 0 Å². The predicted octanol–water partition coefficient (Wildman–Crippen LogP) is 2.93. The molecule has 1 aromatic heterocycles. The first-order chi connectivity index (χ1) is 9.13. The highest BCUT2D eigenvalue weighted by Crippen LogP contribution is 2.26. The second kappa shape index (κ2) is 4.24. The fraction of sp³-hybridized carbons (Fsp3) is 0.0667. The van der Waals surface area contributed by atoms with Gasteiger partial charge in [-0.3, -0.25) is 4.79 Å². The molecule has 4 heteroatoms. The number of nitrogens with zero attached hydrogens (tertiary/aromatic N) is 1. The molecule has 2 aromatic carbocycles. The van der Waals surface area contributed by atoms with Gasteiger partial charge in [0.25, 0.3) is 0 Å². The number of hydrogen-bond acceptors (Lipinski definition) is 3. The molecule has 94 valence electrons. The number of rotatable bonds is 1. The molecule has 3 rings (SSSR count). The van der Waals surface area contributed by atoms with Crippen molar-refractivity contribution >= 4 is 39.1 Å². The molecule has 0 spiro atoms. The van der Waals surface area contributed by atoms with E-state index in [4.69, 9.17) is 5.73 Å². The third kappa shape index (κ3) is 2.08. The summed E-state index contributed by atoms with van der Waals surface area (Å²) in [6.45, 7) is 1.49. The van der Waals surface area contributed by atoms with Gasteiger partial charge in [-0.1, -0.05) is 12.1 Å². The second-order valence-corrected chi connectivity index (χ2v) is 4.49. The van der Waals surface area contributed by atoms with Gasteiger partial charge in [0.05, 0.1) is 16.7 Å². The van der Waals surface area contributed by atoms with Gasteiger partial charge in [-0.05, 0) is 30.3 Å². The standard InChI is InChI=1S/C15H13N3O/c1-9(19)17-13-3-2-4-14-12(13)7-10-5-6-11(16)8-15(10)18-14/h2-8H,16H2,1H3,(H,17,19). The van der Waals surface area contributed by atoms with Crippen LogP contribution in [0, 0.1) is 0 Å². The van der Waals surface area contributed by atoms with Gasteiger partial charge in [-0.2, -0.15) is 0 Å². The van der Waals surface area contributed by atoms with Crippen LogP contribution in [0.3, 0.4) is 0 Å². The van der Waals surface area contributed by atoms with Crippen LogP contribution >= 0.6 is 0 Å². The van der Waals surface area contributed by atoms with Crippen molar-refractivity contribution < 1.29 is 4.79 Å². The first-order valence-electron chi connectivity index (χ1n) is 6.00. The highest BCUT2D eigenvalue weighted by molar-refractivity contribution is 6.04. The molecule has 1 amide bonds. The van der Waals surface area contributed by atoms with Gasteiger partial charge in [0.15, 0.2) is 0 Å². The molecule has 19 heavy (non-hydrogen) atoms. The van der Waals surface area contributed by atoms with Crippen LogP contribution < -0.4 is 11.1 Å². The lowest BCUT2D eigenvalue weighted by molar-refractivity contribution is -0.114. The summed E-state index contributed by atoms with van der Waals surface area (Å²) in [7, 11) is 0. The minimum atomic E-state index is -0.0927. The maximum Gasteiger partial charge on any atom is 0.221 e. The summed E-state index contributed by atoms with van der Waals surface area (Å²) in [5.74, 6) is -0.0927. The van der Waals surface area contributed by atoms with Crippen molar-refractivity contribution in [3.8, 4) is 0 Å². The van der Waals surface area contributed by atoms with Crippen LogP contribution in [0.4, 0.5) is 11.4 Å². The third-order valence-electron chi connectivity index (χ3n) is 2.99. The molecule has 0 fully saturated rings. The highest BCUT2D eigenvalue weighted by Gasteiger charge is 2.05. The number of amides is 1. The van der Waals surface area contributed by atoms with Crippen LogP contribution in [0.5, 0.6) is 0 Å². The van der Waals surface area contributed by atoms with Crippen LogP contribution in [-0.4, -0.2) is 10.9 Å². The number of fused-ring (bicyclic) bond motifs is 2. The Morgan fingerprint density at radius 3 is 2.79 bits per heavy atom. The number of pyridine rings is 1. The smallest absolute Gasteiger partial charge is 0.221 e. The van der Waals surface area contributed by atoms with Gasteiger partial charge in [-0.25, -0.2) is 4.98 Å². The summed E-state index contributed by atoms with van der Waals surface area (Å²) >= 11 is 0. The zero-order chi connectivity index (χ0) is 13.4. The summed E-state index contributed by atoms with van der Waals surface area (Å²) < 4.78 is 0. The van der Waals surface area contributed by atoms with Crippen LogP contribution in [0.15, 0.2) is 42.5 Å². The van der Waals surface area contributed by atoms with E-state index in [0.29, 0.717) is 5.69 Å². The predicted molar refractivity (Wildman–Crippen MR) is 78.0 cm³/mol. The van der Waals surface area contributed by atoms with Gasteiger partial charge in [0, 0.05) is 23.4 Å². The molecule has 0 saturated carbocycles. The largest absolute Gasteiger partial charge is 0.399 e. The monoisotopic (exact) mass is 251 g/mol. The molecule has 0 atom stereocenters. The average Bonchev–Trinajstić information content (AvgIpc) is 2.36. The molecule has 4 nitrogen and oxygen atoms in total. The van der Waals surface area contributed by atoms with Crippen molar-refractivity contribution in [1.29, 1.82) is 0 Å². The van der Waals surface area contributed by atoms with Gasteiger partial charge in [0.2, 0.25) is 5.91 Å². The number of carbonyl (C=O) groups excluding carboxylic acids is 1. The van der Waals surface area contributed by atoms with E-state index in [1.807, 2.05) is 42.5 Å². The minimum Gasteiger partial charge on any atom is -0.399 e. The van der Waals surface area contributed by atoms with Crippen LogP contribution in [0.1, 0.15) is 6.92 Å². The molecule has 0 radical (unpaired) electrons. The van der Waals surface area contributed by atoms with Gasteiger partial charge in [0.1, 0.15) is 0 Å². The lowest BCUT2D eigenvalue weighted by atomic mass is 10.1. The third-order valence-corrected chi connectivity index (χ3v) is 2.99. The zero-order valence-corrected chi connectivity index (χ0v) is 10.5. The highest BCUT2D eigenvalue weighted by atomic mass is 16.1. The van der Waals surface area contributed by atoms with E-state index < -0.39 is 0 Å². The topological polar surface area (TPSA) is 68.0 Å². The molecular weight excluding hydrogens is 238 g/mol. The van der Waals surface area contributed by atoms with Crippen LogP contribution in [0.25, 0.3) is 21.8 Å². The van der Waals surface area contributed by atoms with E-state index in [1.54, 1.807) is 0 Å². The van der Waals surface area contributed by atoms with Crippen molar-refractivity contribution in [2.75, 3.05) is 11.1 Å². The Hall–Kier alpha value is -2.62. The maximum absolute atomic E-state index is 11.2. The molecule has 0 aliphatic carbocycles. The molecule has 0 aliphatic heterocycles. The first kappa shape index (κ1) is 11.5. The number of nitrogen functional groups attached to an aromatic ring is 1. The van der Waals surface area contributed by atoms with Gasteiger partial charge in [-0.15, -0.1) is 0 Å². The number of hydrogen-bond donors (Lipinski definition) is 2. The number of carbonyl (C=O) groups is 1. The lowest BCUT2D eigenvalue weighted by Crippen LogP contribution is -2.06. The first-order valence-corrected chi connectivity index (χ1v) is 6.00. The van der Waals surface area contributed by atoms with Crippen molar-refractivity contribution in [1.82, 2.24) is 4.98 Å².